The van der Waals surface area contributed by atoms with Crippen molar-refractivity contribution in [3.8, 4) is 0 Å². The molecule has 92 valence electrons. The maximum atomic E-state index is 3.84. The minimum atomic E-state index is 0.803. The Kier molecular flexibility index (Phi) is 4.81. The standard InChI is InChI=1S/C16H23N/c1-2-13-17-14-7-12-16(17)11-6-10-15-8-4-3-5-9-15/h2-5,8-9,16H,1,6-7,10-14H2/t16-/m1/s1. The first-order valence-corrected chi connectivity index (χ1v) is 6.79. The van der Waals surface area contributed by atoms with E-state index in [-0.39, 0.29) is 0 Å². The monoisotopic (exact) mass is 229 g/mol. The number of aryl methyl sites for hydroxylation is 1. The Morgan fingerprint density at radius 1 is 1.29 bits per heavy atom. The first-order chi connectivity index (χ1) is 8.40. The van der Waals surface area contributed by atoms with Crippen LogP contribution in [-0.2, 0) is 6.42 Å². The normalized spacial score (nSPS) is 20.6. The van der Waals surface area contributed by atoms with Crippen molar-refractivity contribution in [3.63, 3.8) is 0 Å². The zero-order chi connectivity index (χ0) is 11.9. The molecule has 1 aromatic rings. The van der Waals surface area contributed by atoms with Gasteiger partial charge in [0.2, 0.25) is 0 Å². The topological polar surface area (TPSA) is 3.24 Å². The molecule has 1 aromatic carbocycles. The zero-order valence-corrected chi connectivity index (χ0v) is 10.6. The molecule has 0 amide bonds. The highest BCUT2D eigenvalue weighted by molar-refractivity contribution is 5.14. The van der Waals surface area contributed by atoms with Crippen LogP contribution >= 0.6 is 0 Å². The van der Waals surface area contributed by atoms with Crippen molar-refractivity contribution < 1.29 is 0 Å². The third-order valence-electron chi connectivity index (χ3n) is 3.71. The van der Waals surface area contributed by atoms with Gasteiger partial charge < -0.3 is 0 Å². The third-order valence-corrected chi connectivity index (χ3v) is 3.71. The van der Waals surface area contributed by atoms with E-state index >= 15 is 0 Å². The van der Waals surface area contributed by atoms with Crippen molar-refractivity contribution in [3.05, 3.63) is 48.6 Å². The van der Waals surface area contributed by atoms with Gasteiger partial charge in [0.15, 0.2) is 0 Å². The fourth-order valence-corrected chi connectivity index (χ4v) is 2.81. The molecule has 0 aliphatic carbocycles. The van der Waals surface area contributed by atoms with Crippen LogP contribution in [0.25, 0.3) is 0 Å². The van der Waals surface area contributed by atoms with Gasteiger partial charge in [0.05, 0.1) is 0 Å². The van der Waals surface area contributed by atoms with Crippen LogP contribution < -0.4 is 0 Å². The van der Waals surface area contributed by atoms with Gasteiger partial charge in [-0.3, -0.25) is 4.90 Å². The highest BCUT2D eigenvalue weighted by Gasteiger charge is 2.22. The molecule has 2 rings (SSSR count). The minimum absolute atomic E-state index is 0.803. The SMILES string of the molecule is C=CCN1CCC[C@H]1CCCc1ccccc1. The maximum Gasteiger partial charge on any atom is 0.0163 e. The van der Waals surface area contributed by atoms with Crippen LogP contribution in [0.15, 0.2) is 43.0 Å². The second-order valence-electron chi connectivity index (χ2n) is 4.96. The average Bonchev–Trinajstić information content (AvgIpc) is 2.79. The summed E-state index contributed by atoms with van der Waals surface area (Å²) < 4.78 is 0. The second kappa shape index (κ2) is 6.61. The summed E-state index contributed by atoms with van der Waals surface area (Å²) in [6.45, 7) is 6.18. The van der Waals surface area contributed by atoms with Gasteiger partial charge in [0.1, 0.15) is 0 Å². The van der Waals surface area contributed by atoms with Gasteiger partial charge in [0, 0.05) is 12.6 Å². The van der Waals surface area contributed by atoms with Crippen molar-refractivity contribution in [2.45, 2.75) is 38.1 Å². The third kappa shape index (κ3) is 3.71. The lowest BCUT2D eigenvalue weighted by Crippen LogP contribution is -2.29. The summed E-state index contributed by atoms with van der Waals surface area (Å²) in [6, 6.07) is 11.6. The minimum Gasteiger partial charge on any atom is -0.297 e. The molecule has 0 N–H and O–H groups in total. The summed E-state index contributed by atoms with van der Waals surface area (Å²) in [5, 5.41) is 0. The highest BCUT2D eigenvalue weighted by Crippen LogP contribution is 2.21. The van der Waals surface area contributed by atoms with Gasteiger partial charge in [0.25, 0.3) is 0 Å². The van der Waals surface area contributed by atoms with Crippen LogP contribution in [0.1, 0.15) is 31.2 Å². The first kappa shape index (κ1) is 12.4. The quantitative estimate of drug-likeness (QED) is 0.673. The molecule has 1 nitrogen and oxygen atoms in total. The van der Waals surface area contributed by atoms with E-state index in [0.717, 1.165) is 12.6 Å². The molecular formula is C16H23N. The van der Waals surface area contributed by atoms with E-state index in [0.29, 0.717) is 0 Å². The molecule has 1 atom stereocenters. The van der Waals surface area contributed by atoms with Crippen LogP contribution in [0.2, 0.25) is 0 Å². The number of rotatable bonds is 6. The van der Waals surface area contributed by atoms with E-state index in [1.54, 1.807) is 0 Å². The predicted octanol–water partition coefficient (Wildman–Crippen LogP) is 3.66. The van der Waals surface area contributed by atoms with Crippen LogP contribution in [0.3, 0.4) is 0 Å². The van der Waals surface area contributed by atoms with Crippen LogP contribution in [0, 0.1) is 0 Å². The largest absolute Gasteiger partial charge is 0.297 e. The molecule has 1 aliphatic heterocycles. The second-order valence-corrected chi connectivity index (χ2v) is 4.96. The summed E-state index contributed by atoms with van der Waals surface area (Å²) >= 11 is 0. The Labute approximate surface area is 105 Å². The van der Waals surface area contributed by atoms with Gasteiger partial charge in [-0.1, -0.05) is 36.4 Å². The molecular weight excluding hydrogens is 206 g/mol. The molecule has 1 heteroatoms. The Morgan fingerprint density at radius 2 is 2.12 bits per heavy atom. The molecule has 17 heavy (non-hydrogen) atoms. The fraction of sp³-hybridized carbons (Fsp3) is 0.500. The van der Waals surface area contributed by atoms with E-state index in [2.05, 4.69) is 41.8 Å². The maximum absolute atomic E-state index is 3.84. The Balaban J connectivity index is 1.73. The zero-order valence-electron chi connectivity index (χ0n) is 10.6. The Bertz CT molecular complexity index is 331. The summed E-state index contributed by atoms with van der Waals surface area (Å²) in [6.07, 6.45) is 8.65. The Hall–Kier alpha value is -1.08. The molecule has 0 saturated carbocycles. The number of nitrogens with zero attached hydrogens (tertiary/aromatic N) is 1. The van der Waals surface area contributed by atoms with Gasteiger partial charge in [-0.15, -0.1) is 6.58 Å². The van der Waals surface area contributed by atoms with Crippen LogP contribution in [-0.4, -0.2) is 24.0 Å². The van der Waals surface area contributed by atoms with E-state index in [4.69, 9.17) is 0 Å². The van der Waals surface area contributed by atoms with Crippen molar-refractivity contribution >= 4 is 0 Å². The lowest BCUT2D eigenvalue weighted by atomic mass is 10.0. The fourth-order valence-electron chi connectivity index (χ4n) is 2.81. The van der Waals surface area contributed by atoms with Crippen molar-refractivity contribution in [1.82, 2.24) is 4.90 Å². The Morgan fingerprint density at radius 3 is 2.88 bits per heavy atom. The summed E-state index contributed by atoms with van der Waals surface area (Å²) in [4.78, 5) is 2.58. The predicted molar refractivity (Wildman–Crippen MR) is 74.2 cm³/mol. The molecule has 0 bridgehead atoms. The number of likely N-dealkylation sites (tertiary alicyclic amines) is 1. The number of benzene rings is 1. The van der Waals surface area contributed by atoms with Gasteiger partial charge in [-0.25, -0.2) is 0 Å². The van der Waals surface area contributed by atoms with Crippen LogP contribution in [0.4, 0.5) is 0 Å². The van der Waals surface area contributed by atoms with E-state index in [9.17, 15) is 0 Å². The molecule has 0 unspecified atom stereocenters. The first-order valence-electron chi connectivity index (χ1n) is 6.79. The lowest BCUT2D eigenvalue weighted by molar-refractivity contribution is 0.265. The summed E-state index contributed by atoms with van der Waals surface area (Å²) in [5.74, 6) is 0. The van der Waals surface area contributed by atoms with E-state index < -0.39 is 0 Å². The van der Waals surface area contributed by atoms with E-state index in [1.165, 1.54) is 44.2 Å². The summed E-state index contributed by atoms with van der Waals surface area (Å²) in [5.41, 5.74) is 1.47. The highest BCUT2D eigenvalue weighted by atomic mass is 15.2. The summed E-state index contributed by atoms with van der Waals surface area (Å²) in [7, 11) is 0. The molecule has 0 spiro atoms. The number of hydrogen-bond donors (Lipinski definition) is 0. The molecule has 1 heterocycles. The molecule has 0 aromatic heterocycles. The number of hydrogen-bond acceptors (Lipinski definition) is 1. The molecule has 0 radical (unpaired) electrons. The molecule has 1 aliphatic rings. The van der Waals surface area contributed by atoms with Crippen molar-refractivity contribution in [2.24, 2.45) is 0 Å². The molecule has 1 saturated heterocycles. The van der Waals surface area contributed by atoms with Gasteiger partial charge in [-0.2, -0.15) is 0 Å². The lowest BCUT2D eigenvalue weighted by Gasteiger charge is -2.22. The van der Waals surface area contributed by atoms with Gasteiger partial charge >= 0.3 is 0 Å². The average molecular weight is 229 g/mol. The van der Waals surface area contributed by atoms with Crippen molar-refractivity contribution in [1.29, 1.82) is 0 Å². The van der Waals surface area contributed by atoms with Crippen molar-refractivity contribution in [2.75, 3.05) is 13.1 Å². The van der Waals surface area contributed by atoms with E-state index in [1.807, 2.05) is 6.08 Å². The smallest absolute Gasteiger partial charge is 0.0163 e. The van der Waals surface area contributed by atoms with Gasteiger partial charge in [-0.05, 0) is 44.2 Å². The van der Waals surface area contributed by atoms with Crippen LogP contribution in [0.5, 0.6) is 0 Å². The molecule has 1 fully saturated rings.